The van der Waals surface area contributed by atoms with Gasteiger partial charge in [-0.3, -0.25) is 0 Å². The summed E-state index contributed by atoms with van der Waals surface area (Å²) in [4.78, 5) is 0. The summed E-state index contributed by atoms with van der Waals surface area (Å²) in [5.41, 5.74) is -0.361. The van der Waals surface area contributed by atoms with Gasteiger partial charge in [0.15, 0.2) is 0 Å². The van der Waals surface area contributed by atoms with Crippen LogP contribution >= 0.6 is 0 Å². The average molecular weight is 328 g/mol. The van der Waals surface area contributed by atoms with Crippen LogP contribution in [0.5, 0.6) is 0 Å². The topological polar surface area (TPSA) is 43.2 Å². The van der Waals surface area contributed by atoms with Gasteiger partial charge in [-0.15, -0.1) is 0 Å². The quantitative estimate of drug-likeness (QED) is 0.732. The van der Waals surface area contributed by atoms with Crippen molar-refractivity contribution in [3.8, 4) is 0 Å². The van der Waals surface area contributed by atoms with E-state index in [1.807, 2.05) is 13.8 Å². The second-order valence-electron chi connectivity index (χ2n) is 5.79. The summed E-state index contributed by atoms with van der Waals surface area (Å²) in [7, 11) is 0. The molecule has 0 rings (SSSR count). The average Bonchev–Trinajstić information content (AvgIpc) is 1.96. The Morgan fingerprint density at radius 3 is 1.24 bits per heavy atom. The van der Waals surface area contributed by atoms with Gasteiger partial charge in [-0.05, 0) is 0 Å². The summed E-state index contributed by atoms with van der Waals surface area (Å²) < 4.78 is 21.3. The second kappa shape index (κ2) is 6.40. The van der Waals surface area contributed by atoms with Crippen LogP contribution in [0.2, 0.25) is 0 Å². The molecule has 0 unspecified atom stereocenters. The number of nitrogens with zero attached hydrogens (tertiary/aromatic N) is 2. The van der Waals surface area contributed by atoms with Gasteiger partial charge >= 0.3 is 110 Å². The summed E-state index contributed by atoms with van der Waals surface area (Å²) in [6, 6.07) is 0. The van der Waals surface area contributed by atoms with Crippen LogP contribution in [0.25, 0.3) is 0 Å². The van der Waals surface area contributed by atoms with E-state index in [4.69, 9.17) is 13.8 Å². The Bertz CT molecular complexity index is 304. The van der Waals surface area contributed by atoms with Gasteiger partial charge < -0.3 is 0 Å². The van der Waals surface area contributed by atoms with E-state index in [1.165, 1.54) is 0 Å². The molecule has 0 aliphatic carbocycles. The summed E-state index contributed by atoms with van der Waals surface area (Å²) in [5.74, 6) is 0. The van der Waals surface area contributed by atoms with Crippen LogP contribution in [-0.2, 0) is 23.2 Å². The molecule has 0 aromatic rings. The van der Waals surface area contributed by atoms with E-state index in [0.29, 0.717) is 13.2 Å². The van der Waals surface area contributed by atoms with Crippen molar-refractivity contribution in [3.05, 3.63) is 0 Å². The van der Waals surface area contributed by atoms with Crippen LogP contribution in [0, 0.1) is 0 Å². The molecule has 0 aromatic heterocycles. The number of hydrogen-bond donors (Lipinski definition) is 0. The van der Waals surface area contributed by atoms with E-state index < -0.39 is 16.5 Å². The molecule has 0 N–H and O–H groups in total. The molecular formula is C12H28MoN2O2. The molecular weight excluding hydrogens is 300 g/mol. The van der Waals surface area contributed by atoms with Gasteiger partial charge in [-0.2, -0.15) is 0 Å². The van der Waals surface area contributed by atoms with Crippen LogP contribution in [0.1, 0.15) is 55.4 Å². The Morgan fingerprint density at radius 1 is 0.765 bits per heavy atom. The predicted octanol–water partition coefficient (Wildman–Crippen LogP) is 4.01. The fourth-order valence-electron chi connectivity index (χ4n) is 1.16. The molecule has 0 spiro atoms. The second-order valence-corrected chi connectivity index (χ2v) is 10.0. The zero-order valence-corrected chi connectivity index (χ0v) is 14.5. The Kier molecular flexibility index (Phi) is 6.48. The number of rotatable bonds is 4. The predicted molar refractivity (Wildman–Crippen MR) is 67.6 cm³/mol. The molecule has 104 valence electrons. The van der Waals surface area contributed by atoms with E-state index in [1.54, 1.807) is 0 Å². The fraction of sp³-hybridized carbons (Fsp3) is 1.00. The Hall–Kier alpha value is 0.208. The molecule has 0 saturated heterocycles. The van der Waals surface area contributed by atoms with Crippen LogP contribution in [0.3, 0.4) is 0 Å². The first-order valence-electron chi connectivity index (χ1n) is 6.14. The van der Waals surface area contributed by atoms with E-state index >= 15 is 0 Å². The van der Waals surface area contributed by atoms with E-state index in [-0.39, 0.29) is 11.1 Å². The zero-order valence-electron chi connectivity index (χ0n) is 12.5. The van der Waals surface area contributed by atoms with Gasteiger partial charge in [-0.25, -0.2) is 0 Å². The molecule has 0 aliphatic rings. The Morgan fingerprint density at radius 2 is 1.06 bits per heavy atom. The molecule has 0 heterocycles. The Balaban J connectivity index is 5.78. The van der Waals surface area contributed by atoms with Gasteiger partial charge in [0.05, 0.1) is 0 Å². The molecule has 0 aromatic carbocycles. The molecule has 0 amide bonds. The van der Waals surface area contributed by atoms with E-state index in [2.05, 4.69) is 41.5 Å². The maximum absolute atomic E-state index is 5.86. The molecule has 0 radical (unpaired) electrons. The van der Waals surface area contributed by atoms with Crippen molar-refractivity contribution in [1.82, 2.24) is 0 Å². The van der Waals surface area contributed by atoms with E-state index in [9.17, 15) is 0 Å². The van der Waals surface area contributed by atoms with Gasteiger partial charge in [0, 0.05) is 0 Å². The molecule has 17 heavy (non-hydrogen) atoms. The first-order chi connectivity index (χ1) is 7.54. The molecule has 4 nitrogen and oxygen atoms in total. The molecule has 0 fully saturated rings. The standard InChI is InChI=1S/2C4H9N.2C2H5O.Mo/c2*1-4(2,3)5;2*1-2-3;/h2*1-3H3;2*2H2,1H3;/q;;2*-1;+2. The minimum atomic E-state index is -3.42. The van der Waals surface area contributed by atoms with Crippen molar-refractivity contribution < 1.29 is 23.2 Å². The van der Waals surface area contributed by atoms with Crippen LogP contribution in [0.15, 0.2) is 6.99 Å². The van der Waals surface area contributed by atoms with E-state index in [0.717, 1.165) is 0 Å². The third kappa shape index (κ3) is 8.01. The van der Waals surface area contributed by atoms with Gasteiger partial charge in [0.1, 0.15) is 0 Å². The summed E-state index contributed by atoms with van der Waals surface area (Å²) in [5, 5.41) is 0. The van der Waals surface area contributed by atoms with Crippen LogP contribution in [-0.4, -0.2) is 24.3 Å². The van der Waals surface area contributed by atoms with Crippen LogP contribution in [0.4, 0.5) is 0 Å². The van der Waals surface area contributed by atoms with Crippen molar-refractivity contribution in [1.29, 1.82) is 0 Å². The SMILES string of the molecule is CC[O][Mo](=[N]C(C)(C)C)(=[N]C(C)(C)C)[O]CC. The zero-order chi connectivity index (χ0) is 13.7. The van der Waals surface area contributed by atoms with Gasteiger partial charge in [0.25, 0.3) is 0 Å². The normalized spacial score (nSPS) is 13.6. The monoisotopic (exact) mass is 330 g/mol. The van der Waals surface area contributed by atoms with Crippen molar-refractivity contribution in [2.24, 2.45) is 6.99 Å². The molecule has 0 bridgehead atoms. The van der Waals surface area contributed by atoms with Gasteiger partial charge in [-0.1, -0.05) is 0 Å². The third-order valence-electron chi connectivity index (χ3n) is 1.32. The Labute approximate surface area is 110 Å². The summed E-state index contributed by atoms with van der Waals surface area (Å²) in [6.07, 6.45) is 0. The van der Waals surface area contributed by atoms with Crippen molar-refractivity contribution >= 4 is 0 Å². The first-order valence-corrected chi connectivity index (χ1v) is 9.57. The van der Waals surface area contributed by atoms with Crippen molar-refractivity contribution in [2.75, 3.05) is 13.2 Å². The minimum absolute atomic E-state index is 0.180. The molecule has 0 saturated carbocycles. The van der Waals surface area contributed by atoms with Crippen molar-refractivity contribution in [2.45, 2.75) is 66.5 Å². The summed E-state index contributed by atoms with van der Waals surface area (Å²) >= 11 is -3.42. The fourth-order valence-corrected chi connectivity index (χ4v) is 6.86. The summed E-state index contributed by atoms with van der Waals surface area (Å²) in [6.45, 7) is 17.5. The molecule has 0 atom stereocenters. The van der Waals surface area contributed by atoms with Gasteiger partial charge in [0.2, 0.25) is 0 Å². The molecule has 0 aliphatic heterocycles. The third-order valence-corrected chi connectivity index (χ3v) is 7.82. The van der Waals surface area contributed by atoms with Crippen molar-refractivity contribution in [3.63, 3.8) is 0 Å². The molecule has 5 heteroatoms. The maximum atomic E-state index is 5.86. The first kappa shape index (κ1) is 17.2. The number of hydrogen-bond acceptors (Lipinski definition) is 4. The van der Waals surface area contributed by atoms with Crippen LogP contribution < -0.4 is 0 Å².